The van der Waals surface area contributed by atoms with Crippen LogP contribution in [0.4, 0.5) is 10.1 Å². The summed E-state index contributed by atoms with van der Waals surface area (Å²) in [5, 5.41) is 8.90. The Hall–Kier alpha value is -2.39. The van der Waals surface area contributed by atoms with Gasteiger partial charge in [-0.3, -0.25) is 4.72 Å². The lowest BCUT2D eigenvalue weighted by Crippen LogP contribution is -2.15. The molecule has 1 N–H and O–H groups in total. The van der Waals surface area contributed by atoms with E-state index in [4.69, 9.17) is 5.26 Å². The lowest BCUT2D eigenvalue weighted by molar-refractivity contribution is 0.598. The largest absolute Gasteiger partial charge is 0.275 e. The molecule has 0 fully saturated rings. The molecule has 4 nitrogen and oxygen atoms in total. The average Bonchev–Trinajstić information content (AvgIpc) is 2.41. The van der Waals surface area contributed by atoms with E-state index in [9.17, 15) is 12.8 Å². The molecule has 0 aliphatic heterocycles. The van der Waals surface area contributed by atoms with Crippen LogP contribution in [0.1, 0.15) is 11.1 Å². The van der Waals surface area contributed by atoms with Crippen molar-refractivity contribution in [1.82, 2.24) is 0 Å². The van der Waals surface area contributed by atoms with E-state index in [0.29, 0.717) is 0 Å². The highest BCUT2D eigenvalue weighted by Crippen LogP contribution is 2.23. The number of para-hydroxylation sites is 1. The van der Waals surface area contributed by atoms with Crippen LogP contribution < -0.4 is 4.72 Å². The number of hydrogen-bond donors (Lipinski definition) is 1. The molecular formula is C14H11FN2O2S. The molecule has 2 aromatic rings. The van der Waals surface area contributed by atoms with Crippen molar-refractivity contribution in [2.75, 3.05) is 4.72 Å². The number of benzene rings is 2. The van der Waals surface area contributed by atoms with Gasteiger partial charge in [-0.25, -0.2) is 12.8 Å². The molecule has 0 aliphatic carbocycles. The number of halogens is 1. The van der Waals surface area contributed by atoms with Crippen LogP contribution in [0.5, 0.6) is 0 Å². The predicted octanol–water partition coefficient (Wildman–Crippen LogP) is 2.81. The maximum absolute atomic E-state index is 13.7. The van der Waals surface area contributed by atoms with E-state index in [1.54, 1.807) is 18.2 Å². The predicted molar refractivity (Wildman–Crippen MR) is 73.1 cm³/mol. The fraction of sp³-hybridized carbons (Fsp3) is 0.0714. The Morgan fingerprint density at radius 1 is 1.15 bits per heavy atom. The van der Waals surface area contributed by atoms with Crippen LogP contribution in [0, 0.1) is 24.1 Å². The molecule has 0 atom stereocenters. The van der Waals surface area contributed by atoms with Crippen molar-refractivity contribution >= 4 is 15.7 Å². The third-order valence-electron chi connectivity index (χ3n) is 2.70. The second-order valence-electron chi connectivity index (χ2n) is 4.19. The summed E-state index contributed by atoms with van der Waals surface area (Å²) in [6, 6.07) is 11.7. The van der Waals surface area contributed by atoms with E-state index >= 15 is 0 Å². The van der Waals surface area contributed by atoms with Crippen molar-refractivity contribution in [2.24, 2.45) is 0 Å². The van der Waals surface area contributed by atoms with E-state index in [2.05, 4.69) is 4.72 Å². The van der Waals surface area contributed by atoms with Crippen LogP contribution in [0.15, 0.2) is 47.4 Å². The monoisotopic (exact) mass is 290 g/mol. The van der Waals surface area contributed by atoms with Crippen molar-refractivity contribution in [2.45, 2.75) is 11.8 Å². The van der Waals surface area contributed by atoms with Gasteiger partial charge in [0.2, 0.25) is 0 Å². The van der Waals surface area contributed by atoms with Gasteiger partial charge in [-0.15, -0.1) is 0 Å². The highest BCUT2D eigenvalue weighted by atomic mass is 32.2. The maximum Gasteiger partial charge on any atom is 0.262 e. The van der Waals surface area contributed by atoms with Crippen molar-refractivity contribution in [1.29, 1.82) is 5.26 Å². The molecule has 102 valence electrons. The number of anilines is 1. The molecule has 0 amide bonds. The number of rotatable bonds is 3. The normalized spacial score (nSPS) is 10.8. The molecule has 2 rings (SSSR count). The summed E-state index contributed by atoms with van der Waals surface area (Å²) >= 11 is 0. The minimum atomic E-state index is -3.93. The van der Waals surface area contributed by atoms with Gasteiger partial charge < -0.3 is 0 Å². The topological polar surface area (TPSA) is 70.0 Å². The second kappa shape index (κ2) is 5.31. The summed E-state index contributed by atoms with van der Waals surface area (Å²) < 4.78 is 40.1. The van der Waals surface area contributed by atoms with Crippen LogP contribution in [0.25, 0.3) is 0 Å². The van der Waals surface area contributed by atoms with E-state index < -0.39 is 15.8 Å². The number of hydrogen-bond acceptors (Lipinski definition) is 3. The smallest absolute Gasteiger partial charge is 0.262 e. The van der Waals surface area contributed by atoms with Gasteiger partial charge in [0.05, 0.1) is 10.5 Å². The fourth-order valence-corrected chi connectivity index (χ4v) is 2.72. The first-order valence-corrected chi connectivity index (χ1v) is 7.20. The van der Waals surface area contributed by atoms with Crippen LogP contribution in [0.2, 0.25) is 0 Å². The minimum Gasteiger partial charge on any atom is -0.275 e. The fourth-order valence-electron chi connectivity index (χ4n) is 1.63. The Balaban J connectivity index is 2.44. The molecule has 0 saturated heterocycles. The third kappa shape index (κ3) is 2.78. The van der Waals surface area contributed by atoms with Gasteiger partial charge in [0.1, 0.15) is 17.6 Å². The van der Waals surface area contributed by atoms with E-state index in [1.807, 2.05) is 6.92 Å². The summed E-state index contributed by atoms with van der Waals surface area (Å²) in [6.45, 7) is 1.83. The zero-order chi connectivity index (χ0) is 14.8. The molecule has 2 aromatic carbocycles. The maximum atomic E-state index is 13.7. The van der Waals surface area contributed by atoms with E-state index in [-0.39, 0.29) is 16.1 Å². The molecule has 0 aliphatic rings. The standard InChI is InChI=1S/C14H11FN2O2S/c1-10-5-7-12(8-6-10)20(18,19)17-14-11(9-16)3-2-4-13(14)15/h2-8,17H,1H3. The molecule has 0 spiro atoms. The summed E-state index contributed by atoms with van der Waals surface area (Å²) in [5.74, 6) is -0.792. The van der Waals surface area contributed by atoms with Crippen molar-refractivity contribution < 1.29 is 12.8 Å². The number of sulfonamides is 1. The van der Waals surface area contributed by atoms with Crippen LogP contribution in [-0.4, -0.2) is 8.42 Å². The zero-order valence-corrected chi connectivity index (χ0v) is 11.4. The van der Waals surface area contributed by atoms with Crippen LogP contribution in [0.3, 0.4) is 0 Å². The quantitative estimate of drug-likeness (QED) is 0.945. The van der Waals surface area contributed by atoms with Gasteiger partial charge >= 0.3 is 0 Å². The summed E-state index contributed by atoms with van der Waals surface area (Å²) in [7, 11) is -3.93. The van der Waals surface area contributed by atoms with Gasteiger partial charge in [0.25, 0.3) is 10.0 Å². The molecule has 20 heavy (non-hydrogen) atoms. The molecule has 6 heteroatoms. The van der Waals surface area contributed by atoms with Crippen molar-refractivity contribution in [3.63, 3.8) is 0 Å². The molecule has 0 radical (unpaired) electrons. The molecule has 0 heterocycles. The van der Waals surface area contributed by atoms with Gasteiger partial charge in [-0.2, -0.15) is 5.26 Å². The SMILES string of the molecule is Cc1ccc(S(=O)(=O)Nc2c(F)cccc2C#N)cc1. The zero-order valence-electron chi connectivity index (χ0n) is 10.6. The Labute approximate surface area is 116 Å². The second-order valence-corrected chi connectivity index (χ2v) is 5.88. The summed E-state index contributed by atoms with van der Waals surface area (Å²) in [5.41, 5.74) is 0.504. The Morgan fingerprint density at radius 2 is 1.80 bits per heavy atom. The first-order valence-electron chi connectivity index (χ1n) is 5.72. The minimum absolute atomic E-state index is 0.00948. The Bertz CT molecular complexity index is 778. The lowest BCUT2D eigenvalue weighted by atomic mass is 10.2. The molecule has 0 saturated carbocycles. The highest BCUT2D eigenvalue weighted by molar-refractivity contribution is 7.92. The van der Waals surface area contributed by atoms with E-state index in [0.717, 1.165) is 11.6 Å². The Morgan fingerprint density at radius 3 is 2.40 bits per heavy atom. The van der Waals surface area contributed by atoms with Gasteiger partial charge in [-0.1, -0.05) is 23.8 Å². The third-order valence-corrected chi connectivity index (χ3v) is 4.07. The first kappa shape index (κ1) is 14.0. The number of nitrogens with zero attached hydrogens (tertiary/aromatic N) is 1. The molecule has 0 unspecified atom stereocenters. The van der Waals surface area contributed by atoms with Gasteiger partial charge in [0, 0.05) is 0 Å². The molecular weight excluding hydrogens is 279 g/mol. The summed E-state index contributed by atoms with van der Waals surface area (Å²) in [6.07, 6.45) is 0. The van der Waals surface area contributed by atoms with Crippen molar-refractivity contribution in [3.05, 3.63) is 59.4 Å². The van der Waals surface area contributed by atoms with Crippen LogP contribution >= 0.6 is 0 Å². The highest BCUT2D eigenvalue weighted by Gasteiger charge is 2.18. The van der Waals surface area contributed by atoms with Crippen molar-refractivity contribution in [3.8, 4) is 6.07 Å². The molecule has 0 bridgehead atoms. The number of nitriles is 1. The average molecular weight is 290 g/mol. The van der Waals surface area contributed by atoms with Gasteiger partial charge in [0.15, 0.2) is 0 Å². The van der Waals surface area contributed by atoms with Gasteiger partial charge in [-0.05, 0) is 31.2 Å². The Kier molecular flexibility index (Phi) is 3.72. The molecule has 0 aromatic heterocycles. The number of aryl methyl sites for hydroxylation is 1. The first-order chi connectivity index (χ1) is 9.44. The van der Waals surface area contributed by atoms with E-state index in [1.165, 1.54) is 24.3 Å². The summed E-state index contributed by atoms with van der Waals surface area (Å²) in [4.78, 5) is 0.00948. The number of nitrogens with one attached hydrogen (secondary N) is 1. The lowest BCUT2D eigenvalue weighted by Gasteiger charge is -2.10. The van der Waals surface area contributed by atoms with Crippen LogP contribution in [-0.2, 0) is 10.0 Å².